The topological polar surface area (TPSA) is 157 Å². The highest BCUT2D eigenvalue weighted by molar-refractivity contribution is 6.25. The molecule has 16 heteroatoms. The van der Waals surface area contributed by atoms with Crippen molar-refractivity contribution in [2.75, 3.05) is 116 Å². The largest absolute Gasteiger partial charge is 0.492 e. The number of aromatic nitrogens is 2. The molecule has 9 rings (SSSR count). The zero-order valence-corrected chi connectivity index (χ0v) is 38.3. The van der Waals surface area contributed by atoms with E-state index in [1.54, 1.807) is 18.3 Å². The van der Waals surface area contributed by atoms with Crippen molar-refractivity contribution in [1.82, 2.24) is 39.8 Å². The Morgan fingerprint density at radius 3 is 2.24 bits per heavy atom. The normalized spacial score (nSPS) is 20.7. The Labute approximate surface area is 392 Å². The Balaban J connectivity index is 0.670. The number of rotatable bonds is 13. The Morgan fingerprint density at radius 2 is 1.48 bits per heavy atom. The molecular formula is C51H62N10O6. The van der Waals surface area contributed by atoms with Gasteiger partial charge in [0, 0.05) is 106 Å². The second-order valence-electron chi connectivity index (χ2n) is 17.8. The van der Waals surface area contributed by atoms with Gasteiger partial charge in [-0.15, -0.1) is 0 Å². The van der Waals surface area contributed by atoms with Crippen LogP contribution in [0.3, 0.4) is 0 Å². The lowest BCUT2D eigenvalue weighted by Crippen LogP contribution is -2.51. The van der Waals surface area contributed by atoms with E-state index >= 15 is 0 Å². The van der Waals surface area contributed by atoms with Gasteiger partial charge in [0.25, 0.3) is 11.8 Å². The molecule has 1 aromatic heterocycles. The van der Waals surface area contributed by atoms with Crippen molar-refractivity contribution in [3.63, 3.8) is 0 Å². The molecule has 3 saturated heterocycles. The fourth-order valence-corrected chi connectivity index (χ4v) is 9.42. The minimum absolute atomic E-state index is 0.346. The monoisotopic (exact) mass is 910 g/mol. The molecule has 5 aliphatic heterocycles. The molecular weight excluding hydrogens is 849 g/mol. The third kappa shape index (κ3) is 11.8. The number of piperazine rings is 2. The summed E-state index contributed by atoms with van der Waals surface area (Å²) in [7, 11) is 0. The summed E-state index contributed by atoms with van der Waals surface area (Å²) < 4.78 is 18.3. The highest BCUT2D eigenvalue weighted by Gasteiger charge is 2.45. The van der Waals surface area contributed by atoms with Crippen molar-refractivity contribution in [1.29, 1.82) is 0 Å². The highest BCUT2D eigenvalue weighted by Crippen LogP contribution is 2.33. The van der Waals surface area contributed by atoms with E-state index in [1.807, 2.05) is 42.5 Å². The second-order valence-corrected chi connectivity index (χ2v) is 17.8. The molecule has 0 radical (unpaired) electrons. The van der Waals surface area contributed by atoms with Crippen LogP contribution in [-0.2, 0) is 27.5 Å². The van der Waals surface area contributed by atoms with Gasteiger partial charge < -0.3 is 40.0 Å². The number of carbonyl (C=O) groups excluding carboxylic acids is 3. The maximum atomic E-state index is 13.5. The van der Waals surface area contributed by atoms with Gasteiger partial charge in [0.15, 0.2) is 0 Å². The van der Waals surface area contributed by atoms with Gasteiger partial charge in [-0.1, -0.05) is 43.0 Å². The number of hydrogen-bond donors (Lipinski definition) is 3. The summed E-state index contributed by atoms with van der Waals surface area (Å²) in [6.45, 7) is 19.0. The molecule has 1 unspecified atom stereocenters. The molecule has 0 aliphatic carbocycles. The van der Waals surface area contributed by atoms with Crippen LogP contribution >= 0.6 is 0 Å². The van der Waals surface area contributed by atoms with E-state index in [4.69, 9.17) is 19.2 Å². The van der Waals surface area contributed by atoms with Gasteiger partial charge in [-0.3, -0.25) is 29.1 Å². The fraction of sp³-hybridized carbons (Fsp3) is 0.431. The van der Waals surface area contributed by atoms with E-state index in [9.17, 15) is 14.4 Å². The maximum Gasteiger partial charge on any atom is 0.264 e. The molecule has 0 spiro atoms. The fourth-order valence-electron chi connectivity index (χ4n) is 9.42. The number of imide groups is 1. The average molecular weight is 911 g/mol. The summed E-state index contributed by atoms with van der Waals surface area (Å²) in [6.07, 6.45) is 7.83. The van der Waals surface area contributed by atoms with Crippen LogP contribution in [0.5, 0.6) is 5.75 Å². The summed E-state index contributed by atoms with van der Waals surface area (Å²) in [4.78, 5) is 59.9. The number of allylic oxidation sites excluding steroid dienone is 1. The first kappa shape index (κ1) is 46.1. The van der Waals surface area contributed by atoms with Crippen LogP contribution in [-0.4, -0.2) is 163 Å². The third-order valence-corrected chi connectivity index (χ3v) is 13.2. The molecule has 3 amide bonds. The van der Waals surface area contributed by atoms with Crippen LogP contribution < -0.4 is 20.7 Å². The van der Waals surface area contributed by atoms with E-state index in [0.29, 0.717) is 80.9 Å². The Morgan fingerprint density at radius 1 is 0.761 bits per heavy atom. The van der Waals surface area contributed by atoms with Crippen molar-refractivity contribution >= 4 is 35.0 Å². The lowest BCUT2D eigenvalue weighted by atomic mass is 10.0. The molecule has 67 heavy (non-hydrogen) atoms. The zero-order chi connectivity index (χ0) is 46.0. The lowest BCUT2D eigenvalue weighted by Gasteiger charge is -2.36. The molecule has 6 heterocycles. The van der Waals surface area contributed by atoms with Crippen LogP contribution in [0.15, 0.2) is 97.4 Å². The number of ether oxygens (including phenoxy) is 3. The number of piperidine rings is 1. The maximum absolute atomic E-state index is 13.5. The first-order valence-corrected chi connectivity index (χ1v) is 23.7. The van der Waals surface area contributed by atoms with Gasteiger partial charge in [0.05, 0.1) is 43.2 Å². The predicted octanol–water partition coefficient (Wildman–Crippen LogP) is 4.99. The smallest absolute Gasteiger partial charge is 0.264 e. The van der Waals surface area contributed by atoms with E-state index < -0.39 is 17.9 Å². The molecule has 3 fully saturated rings. The van der Waals surface area contributed by atoms with Crippen molar-refractivity contribution in [3.8, 4) is 17.0 Å². The number of carbonyl (C=O) groups is 3. The molecule has 3 N–H and O–H groups in total. The first-order chi connectivity index (χ1) is 32.8. The van der Waals surface area contributed by atoms with Gasteiger partial charge >= 0.3 is 0 Å². The van der Waals surface area contributed by atoms with Crippen LogP contribution in [0.1, 0.15) is 51.1 Å². The van der Waals surface area contributed by atoms with Gasteiger partial charge in [-0.25, -0.2) is 9.97 Å². The minimum Gasteiger partial charge on any atom is -0.492 e. The molecule has 3 aromatic carbocycles. The molecule has 16 nitrogen and oxygen atoms in total. The number of nitrogens with zero attached hydrogens (tertiary/aromatic N) is 7. The van der Waals surface area contributed by atoms with Crippen LogP contribution in [0.25, 0.3) is 11.3 Å². The first-order valence-electron chi connectivity index (χ1n) is 23.7. The Kier molecular flexibility index (Phi) is 15.3. The van der Waals surface area contributed by atoms with Gasteiger partial charge in [-0.05, 0) is 80.4 Å². The molecule has 1 atom stereocenters. The number of benzene rings is 3. The SMILES string of the molecule is C=C1CCC(N2C(=O)c3cccc(NCCN4CCN(CCCN5CCN(CCOc6ccc7cc6COC/C=C/COCc6cccc(c6)-c6ccnc(n6)N7)CC5)CC4)c3C2=O)C(=O)N1. The Bertz CT molecular complexity index is 2430. The quantitative estimate of drug-likeness (QED) is 0.122. The number of fused-ring (bicyclic) bond motifs is 8. The summed E-state index contributed by atoms with van der Waals surface area (Å²) in [5, 5.41) is 9.50. The number of nitrogens with one attached hydrogen (secondary N) is 3. The molecule has 0 saturated carbocycles. The second kappa shape index (κ2) is 22.2. The number of amides is 3. The predicted molar refractivity (Wildman–Crippen MR) is 257 cm³/mol. The van der Waals surface area contributed by atoms with Crippen LogP contribution in [0.2, 0.25) is 0 Å². The van der Waals surface area contributed by atoms with E-state index in [-0.39, 0.29) is 5.91 Å². The standard InChI is InChI=1S/C51H62N10O6/c1-37-11-13-45(48(62)54-37)61-49(63)42-9-5-10-44(47(42)50(61)64)52-17-20-59-25-21-57(22-26-59)18-6-19-58-23-27-60(28-24-58)29-32-67-46-14-12-41-34-40(46)36-66-31-3-2-30-65-35-38-7-4-8-39(33-38)43-15-16-53-51(55-41)56-43/h2-5,7-10,12,14-16,33-34,45,52H,1,6,11,13,17-32,35-36H2,(H,54,62)(H,53,55,56)/b3-2+. The minimum atomic E-state index is -0.820. The third-order valence-electron chi connectivity index (χ3n) is 13.2. The van der Waals surface area contributed by atoms with Crippen molar-refractivity contribution < 1.29 is 28.6 Å². The average Bonchev–Trinajstić information content (AvgIpc) is 3.60. The summed E-state index contributed by atoms with van der Waals surface area (Å²) in [5.41, 5.74) is 6.71. The molecule has 4 aromatic rings. The highest BCUT2D eigenvalue weighted by atomic mass is 16.5. The van der Waals surface area contributed by atoms with Crippen LogP contribution in [0.4, 0.5) is 17.3 Å². The van der Waals surface area contributed by atoms with Crippen molar-refractivity contribution in [2.45, 2.75) is 38.5 Å². The van der Waals surface area contributed by atoms with Gasteiger partial charge in [0.1, 0.15) is 18.4 Å². The molecule has 352 valence electrons. The van der Waals surface area contributed by atoms with E-state index in [1.165, 1.54) is 0 Å². The summed E-state index contributed by atoms with van der Waals surface area (Å²) in [5.74, 6) is 0.148. The number of hydrogen-bond acceptors (Lipinski definition) is 14. The number of anilines is 3. The summed E-state index contributed by atoms with van der Waals surface area (Å²) in [6, 6.07) is 20.7. The van der Waals surface area contributed by atoms with Crippen molar-refractivity contribution in [3.05, 3.63) is 120 Å². The van der Waals surface area contributed by atoms with Gasteiger partial charge in [0.2, 0.25) is 11.9 Å². The van der Waals surface area contributed by atoms with E-state index in [2.05, 4.69) is 71.4 Å². The lowest BCUT2D eigenvalue weighted by molar-refractivity contribution is -0.125. The van der Waals surface area contributed by atoms with Crippen LogP contribution in [0, 0.1) is 0 Å². The zero-order valence-electron chi connectivity index (χ0n) is 38.3. The summed E-state index contributed by atoms with van der Waals surface area (Å²) >= 11 is 0. The Hall–Kier alpha value is -6.01. The van der Waals surface area contributed by atoms with Gasteiger partial charge in [-0.2, -0.15) is 0 Å². The van der Waals surface area contributed by atoms with E-state index in [0.717, 1.165) is 124 Å². The van der Waals surface area contributed by atoms with Crippen molar-refractivity contribution in [2.24, 2.45) is 0 Å². The molecule has 5 aliphatic rings. The molecule has 6 bridgehead atoms.